The van der Waals surface area contributed by atoms with Crippen LogP contribution in [0.25, 0.3) is 0 Å². The highest BCUT2D eigenvalue weighted by Gasteiger charge is 2.57. The number of rotatable bonds is 2. The van der Waals surface area contributed by atoms with E-state index < -0.39 is 0 Å². The number of hydrogen-bond acceptors (Lipinski definition) is 3. The average molecular weight is 273 g/mol. The number of hydrogen-bond donors (Lipinski definition) is 0. The van der Waals surface area contributed by atoms with Gasteiger partial charge in [0.25, 0.3) is 0 Å². The molecule has 0 amide bonds. The Morgan fingerprint density at radius 1 is 1.35 bits per heavy atom. The Kier molecular flexibility index (Phi) is 3.11. The molecule has 0 aliphatic heterocycles. The third kappa shape index (κ3) is 2.04. The molecule has 1 aromatic rings. The van der Waals surface area contributed by atoms with Gasteiger partial charge in [-0.1, -0.05) is 26.8 Å². The molecule has 3 aliphatic rings. The van der Waals surface area contributed by atoms with Gasteiger partial charge in [0.15, 0.2) is 0 Å². The standard InChI is InChI=1S/C17H23NO2/c1-10-6-5-7-14(18-10)16(19)20-15-9-12-8-13(11(15)2)17(12,3)4/h5-7,11-13,15H,8-9H2,1-4H3. The first-order valence-corrected chi connectivity index (χ1v) is 7.54. The molecule has 3 nitrogen and oxygen atoms in total. The Hall–Kier alpha value is -1.38. The Labute approximate surface area is 120 Å². The fraction of sp³-hybridized carbons (Fsp3) is 0.647. The number of aromatic nitrogens is 1. The second-order valence-corrected chi connectivity index (χ2v) is 7.06. The Balaban J connectivity index is 1.69. The molecule has 0 radical (unpaired) electrons. The fourth-order valence-corrected chi connectivity index (χ4v) is 4.11. The molecule has 0 N–H and O–H groups in total. The van der Waals surface area contributed by atoms with Crippen LogP contribution in [0, 0.1) is 30.1 Å². The zero-order valence-corrected chi connectivity index (χ0v) is 12.7. The zero-order valence-electron chi connectivity index (χ0n) is 12.7. The van der Waals surface area contributed by atoms with Gasteiger partial charge in [-0.3, -0.25) is 0 Å². The van der Waals surface area contributed by atoms with E-state index in [-0.39, 0.29) is 12.1 Å². The monoisotopic (exact) mass is 273 g/mol. The molecule has 1 heterocycles. The minimum absolute atomic E-state index is 0.0570. The van der Waals surface area contributed by atoms with Crippen LogP contribution in [-0.4, -0.2) is 17.1 Å². The number of pyridine rings is 1. The number of carbonyl (C=O) groups is 1. The molecule has 3 fully saturated rings. The minimum Gasteiger partial charge on any atom is -0.457 e. The minimum atomic E-state index is -0.273. The van der Waals surface area contributed by atoms with Crippen molar-refractivity contribution in [1.29, 1.82) is 0 Å². The lowest BCUT2D eigenvalue weighted by Gasteiger charge is -2.61. The Morgan fingerprint density at radius 2 is 2.10 bits per heavy atom. The number of esters is 1. The molecular weight excluding hydrogens is 250 g/mol. The van der Waals surface area contributed by atoms with E-state index in [1.165, 1.54) is 6.42 Å². The van der Waals surface area contributed by atoms with Crippen LogP contribution in [0.15, 0.2) is 18.2 Å². The predicted octanol–water partition coefficient (Wildman–Crippen LogP) is 3.62. The summed E-state index contributed by atoms with van der Waals surface area (Å²) in [6.07, 6.45) is 2.36. The van der Waals surface area contributed by atoms with E-state index >= 15 is 0 Å². The molecule has 0 aromatic carbocycles. The molecule has 4 unspecified atom stereocenters. The molecule has 3 saturated carbocycles. The van der Waals surface area contributed by atoms with Crippen LogP contribution >= 0.6 is 0 Å². The van der Waals surface area contributed by atoms with Gasteiger partial charge in [0.1, 0.15) is 11.8 Å². The van der Waals surface area contributed by atoms with Crippen molar-refractivity contribution in [2.45, 2.75) is 46.6 Å². The van der Waals surface area contributed by atoms with Gasteiger partial charge in [-0.2, -0.15) is 0 Å². The Morgan fingerprint density at radius 3 is 2.70 bits per heavy atom. The van der Waals surface area contributed by atoms with E-state index in [0.29, 0.717) is 28.9 Å². The summed E-state index contributed by atoms with van der Waals surface area (Å²) in [4.78, 5) is 16.5. The van der Waals surface area contributed by atoms with Crippen molar-refractivity contribution in [3.05, 3.63) is 29.6 Å². The molecule has 0 spiro atoms. The highest BCUT2D eigenvalue weighted by atomic mass is 16.5. The van der Waals surface area contributed by atoms with Crippen molar-refractivity contribution in [3.8, 4) is 0 Å². The van der Waals surface area contributed by atoms with Gasteiger partial charge in [-0.05, 0) is 55.1 Å². The Bertz CT molecular complexity index is 538. The molecule has 3 aliphatic carbocycles. The van der Waals surface area contributed by atoms with E-state index in [1.807, 2.05) is 19.1 Å². The quantitative estimate of drug-likeness (QED) is 0.773. The van der Waals surface area contributed by atoms with Gasteiger partial charge in [0, 0.05) is 5.69 Å². The smallest absolute Gasteiger partial charge is 0.357 e. The van der Waals surface area contributed by atoms with Crippen LogP contribution in [-0.2, 0) is 4.74 Å². The maximum Gasteiger partial charge on any atom is 0.357 e. The third-order valence-electron chi connectivity index (χ3n) is 5.64. The largest absolute Gasteiger partial charge is 0.457 e. The van der Waals surface area contributed by atoms with Crippen molar-refractivity contribution < 1.29 is 9.53 Å². The highest BCUT2D eigenvalue weighted by Crippen LogP contribution is 2.61. The van der Waals surface area contributed by atoms with Crippen LogP contribution < -0.4 is 0 Å². The number of fused-ring (bicyclic) bond motifs is 2. The van der Waals surface area contributed by atoms with Gasteiger partial charge in [0.2, 0.25) is 0 Å². The van der Waals surface area contributed by atoms with Gasteiger partial charge in [0.05, 0.1) is 0 Å². The van der Waals surface area contributed by atoms with Crippen molar-refractivity contribution >= 4 is 5.97 Å². The van der Waals surface area contributed by atoms with Gasteiger partial charge >= 0.3 is 5.97 Å². The zero-order chi connectivity index (χ0) is 14.5. The second-order valence-electron chi connectivity index (χ2n) is 7.06. The summed E-state index contributed by atoms with van der Waals surface area (Å²) in [5.41, 5.74) is 1.69. The first-order chi connectivity index (χ1) is 9.39. The highest BCUT2D eigenvalue weighted by molar-refractivity contribution is 5.87. The molecule has 3 heteroatoms. The van der Waals surface area contributed by atoms with Crippen LogP contribution in [0.3, 0.4) is 0 Å². The van der Waals surface area contributed by atoms with Crippen molar-refractivity contribution in [2.75, 3.05) is 0 Å². The summed E-state index contributed by atoms with van der Waals surface area (Å²) in [7, 11) is 0. The molecular formula is C17H23NO2. The molecule has 2 bridgehead atoms. The van der Waals surface area contributed by atoms with E-state index in [2.05, 4.69) is 25.8 Å². The summed E-state index contributed by atoms with van der Waals surface area (Å²) in [5.74, 6) is 1.56. The molecule has 108 valence electrons. The average Bonchev–Trinajstić information content (AvgIpc) is 2.40. The van der Waals surface area contributed by atoms with Gasteiger partial charge in [-0.25, -0.2) is 9.78 Å². The summed E-state index contributed by atoms with van der Waals surface area (Å²) in [5, 5.41) is 0. The lowest BCUT2D eigenvalue weighted by atomic mass is 9.45. The maximum atomic E-state index is 12.2. The molecule has 4 atom stereocenters. The van der Waals surface area contributed by atoms with Crippen LogP contribution in [0.1, 0.15) is 49.8 Å². The molecule has 1 aromatic heterocycles. The van der Waals surface area contributed by atoms with Gasteiger partial charge < -0.3 is 4.74 Å². The first kappa shape index (κ1) is 13.6. The van der Waals surface area contributed by atoms with Crippen LogP contribution in [0.5, 0.6) is 0 Å². The summed E-state index contributed by atoms with van der Waals surface area (Å²) >= 11 is 0. The third-order valence-corrected chi connectivity index (χ3v) is 5.64. The number of ether oxygens (including phenoxy) is 1. The first-order valence-electron chi connectivity index (χ1n) is 7.54. The van der Waals surface area contributed by atoms with E-state index in [0.717, 1.165) is 12.1 Å². The van der Waals surface area contributed by atoms with E-state index in [1.54, 1.807) is 6.07 Å². The summed E-state index contributed by atoms with van der Waals surface area (Å²) in [6.45, 7) is 8.81. The topological polar surface area (TPSA) is 39.2 Å². The SMILES string of the molecule is Cc1cccc(C(=O)OC2CC3CC(C2C)C3(C)C)n1. The molecule has 0 saturated heterocycles. The van der Waals surface area contributed by atoms with E-state index in [4.69, 9.17) is 4.74 Å². The van der Waals surface area contributed by atoms with Crippen molar-refractivity contribution in [3.63, 3.8) is 0 Å². The predicted molar refractivity (Wildman–Crippen MR) is 77.3 cm³/mol. The fourth-order valence-electron chi connectivity index (χ4n) is 4.11. The summed E-state index contributed by atoms with van der Waals surface area (Å²) in [6, 6.07) is 5.47. The normalized spacial score (nSPS) is 34.2. The second kappa shape index (κ2) is 4.57. The van der Waals surface area contributed by atoms with Crippen molar-refractivity contribution in [2.24, 2.45) is 23.2 Å². The number of aryl methyl sites for hydroxylation is 1. The number of nitrogens with zero attached hydrogens (tertiary/aromatic N) is 1. The van der Waals surface area contributed by atoms with Crippen molar-refractivity contribution in [1.82, 2.24) is 4.98 Å². The maximum absolute atomic E-state index is 12.2. The lowest BCUT2D eigenvalue weighted by Crippen LogP contribution is -2.57. The lowest BCUT2D eigenvalue weighted by molar-refractivity contribution is -0.156. The van der Waals surface area contributed by atoms with Gasteiger partial charge in [-0.15, -0.1) is 0 Å². The summed E-state index contributed by atoms with van der Waals surface area (Å²) < 4.78 is 5.74. The number of carbonyl (C=O) groups excluding carboxylic acids is 1. The van der Waals surface area contributed by atoms with E-state index in [9.17, 15) is 4.79 Å². The van der Waals surface area contributed by atoms with Crippen LogP contribution in [0.2, 0.25) is 0 Å². The van der Waals surface area contributed by atoms with Crippen LogP contribution in [0.4, 0.5) is 0 Å². The molecule has 20 heavy (non-hydrogen) atoms. The molecule has 4 rings (SSSR count).